The monoisotopic (exact) mass is 468 g/mol. The number of hydrogen-bond donors (Lipinski definition) is 0. The van der Waals surface area contributed by atoms with Crippen molar-refractivity contribution in [1.29, 1.82) is 5.26 Å². The number of morpholine rings is 1. The van der Waals surface area contributed by atoms with Gasteiger partial charge in [0.25, 0.3) is 5.56 Å². The van der Waals surface area contributed by atoms with E-state index in [0.717, 1.165) is 67.0 Å². The Kier molecular flexibility index (Phi) is 6.45. The minimum atomic E-state index is -0.317. The molecule has 178 valence electrons. The lowest BCUT2D eigenvalue weighted by Crippen LogP contribution is -2.41. The molecule has 0 N–H and O–H groups in total. The molecule has 3 heterocycles. The zero-order valence-corrected chi connectivity index (χ0v) is 20.1. The van der Waals surface area contributed by atoms with Crippen LogP contribution in [0, 0.1) is 18.3 Å². The Hall–Kier alpha value is -3.80. The van der Waals surface area contributed by atoms with Gasteiger partial charge in [0.2, 0.25) is 0 Å². The molecule has 0 amide bonds. The first-order valence-corrected chi connectivity index (χ1v) is 11.9. The predicted octanol–water partition coefficient (Wildman–Crippen LogP) is 2.94. The summed E-state index contributed by atoms with van der Waals surface area (Å²) in [5.74, 6) is 1.38. The van der Waals surface area contributed by atoms with Crippen molar-refractivity contribution in [3.8, 4) is 6.07 Å². The number of fused-ring (bicyclic) bond motifs is 2. The van der Waals surface area contributed by atoms with Crippen molar-refractivity contribution in [3.05, 3.63) is 75.8 Å². The number of pyridine rings is 1. The van der Waals surface area contributed by atoms with Crippen LogP contribution < -0.4 is 10.5 Å². The van der Waals surface area contributed by atoms with Gasteiger partial charge in [0, 0.05) is 44.0 Å². The van der Waals surface area contributed by atoms with Gasteiger partial charge in [0.05, 0.1) is 30.8 Å². The Balaban J connectivity index is 1.54. The van der Waals surface area contributed by atoms with Crippen molar-refractivity contribution in [3.63, 3.8) is 0 Å². The van der Waals surface area contributed by atoms with Gasteiger partial charge < -0.3 is 9.64 Å². The van der Waals surface area contributed by atoms with E-state index in [9.17, 15) is 10.1 Å². The average molecular weight is 469 g/mol. The zero-order chi connectivity index (χ0) is 24.4. The van der Waals surface area contributed by atoms with Crippen LogP contribution in [0.3, 0.4) is 0 Å². The smallest absolute Gasteiger partial charge is 0.269 e. The van der Waals surface area contributed by atoms with Crippen LogP contribution >= 0.6 is 0 Å². The van der Waals surface area contributed by atoms with Gasteiger partial charge >= 0.3 is 0 Å². The van der Waals surface area contributed by atoms with Crippen molar-refractivity contribution in [2.45, 2.75) is 13.5 Å². The molecule has 1 fully saturated rings. The van der Waals surface area contributed by atoms with Gasteiger partial charge in [-0.15, -0.1) is 0 Å². The number of aryl methyl sites for hydroxylation is 1. The second kappa shape index (κ2) is 9.82. The summed E-state index contributed by atoms with van der Waals surface area (Å²) in [6.07, 6.45) is 0. The minimum Gasteiger partial charge on any atom is -0.379 e. The molecule has 35 heavy (non-hydrogen) atoms. The SMILES string of the molecule is Cc1c(C#N)c(=O)n(Cc2nc(N(C)CCN3CCOCC3)c3ccccc3n2)c2ccccc12. The molecule has 5 rings (SSSR count). The van der Waals surface area contributed by atoms with Gasteiger partial charge in [-0.3, -0.25) is 14.3 Å². The van der Waals surface area contributed by atoms with Crippen LogP contribution in [-0.2, 0) is 11.3 Å². The Bertz CT molecular complexity index is 1480. The zero-order valence-electron chi connectivity index (χ0n) is 20.1. The van der Waals surface area contributed by atoms with Crippen molar-refractivity contribution in [2.75, 3.05) is 51.3 Å². The predicted molar refractivity (Wildman–Crippen MR) is 137 cm³/mol. The minimum absolute atomic E-state index is 0.160. The number of para-hydroxylation sites is 2. The van der Waals surface area contributed by atoms with Crippen LogP contribution in [0.2, 0.25) is 0 Å². The number of nitriles is 1. The van der Waals surface area contributed by atoms with E-state index in [1.165, 1.54) is 0 Å². The number of nitrogens with zero attached hydrogens (tertiary/aromatic N) is 6. The maximum absolute atomic E-state index is 13.3. The maximum Gasteiger partial charge on any atom is 0.269 e. The normalized spacial score (nSPS) is 14.3. The summed E-state index contributed by atoms with van der Waals surface area (Å²) in [6.45, 7) is 7.16. The van der Waals surface area contributed by atoms with Crippen LogP contribution in [-0.4, -0.2) is 65.9 Å². The highest BCUT2D eigenvalue weighted by atomic mass is 16.5. The fourth-order valence-electron chi connectivity index (χ4n) is 4.69. The maximum atomic E-state index is 13.3. The summed E-state index contributed by atoms with van der Waals surface area (Å²) in [5, 5.41) is 11.5. The third-order valence-corrected chi connectivity index (χ3v) is 6.69. The van der Waals surface area contributed by atoms with E-state index in [4.69, 9.17) is 14.7 Å². The Morgan fingerprint density at radius 1 is 1.06 bits per heavy atom. The summed E-state index contributed by atoms with van der Waals surface area (Å²) in [7, 11) is 2.04. The second-order valence-electron chi connectivity index (χ2n) is 8.88. The topological polar surface area (TPSA) is 87.3 Å². The molecule has 2 aromatic heterocycles. The number of likely N-dealkylation sites (N-methyl/N-ethyl adjacent to an activating group) is 1. The molecule has 0 bridgehead atoms. The molecule has 8 nitrogen and oxygen atoms in total. The van der Waals surface area contributed by atoms with Crippen molar-refractivity contribution in [1.82, 2.24) is 19.4 Å². The van der Waals surface area contributed by atoms with E-state index >= 15 is 0 Å². The number of anilines is 1. The molecule has 0 radical (unpaired) electrons. The molecule has 8 heteroatoms. The summed E-state index contributed by atoms with van der Waals surface area (Å²) in [5.41, 5.74) is 2.14. The molecule has 0 spiro atoms. The first kappa shape index (κ1) is 23.0. The van der Waals surface area contributed by atoms with Gasteiger partial charge in [0.1, 0.15) is 17.5 Å². The number of rotatable bonds is 6. The lowest BCUT2D eigenvalue weighted by molar-refractivity contribution is 0.0393. The molecule has 0 saturated carbocycles. The molecule has 1 aliphatic rings. The molecule has 0 atom stereocenters. The lowest BCUT2D eigenvalue weighted by atomic mass is 10.0. The molecule has 0 unspecified atom stereocenters. The van der Waals surface area contributed by atoms with E-state index in [1.807, 2.05) is 62.5 Å². The number of aromatic nitrogens is 3. The summed E-state index contributed by atoms with van der Waals surface area (Å²) in [6, 6.07) is 17.7. The Morgan fingerprint density at radius 2 is 1.77 bits per heavy atom. The highest BCUT2D eigenvalue weighted by Gasteiger charge is 2.18. The molecular formula is C27H28N6O2. The molecule has 1 saturated heterocycles. The lowest BCUT2D eigenvalue weighted by Gasteiger charge is -2.29. The van der Waals surface area contributed by atoms with Crippen LogP contribution in [0.25, 0.3) is 21.8 Å². The Labute approximate surface area is 204 Å². The number of hydrogen-bond acceptors (Lipinski definition) is 7. The first-order chi connectivity index (χ1) is 17.1. The second-order valence-corrected chi connectivity index (χ2v) is 8.88. The standard InChI is InChI=1S/C27H28N6O2/c1-19-20-7-4-6-10-24(20)33(27(34)22(19)17-28)18-25-29-23-9-5-3-8-21(23)26(30-25)31(2)11-12-32-13-15-35-16-14-32/h3-10H,11-16,18H2,1-2H3. The quantitative estimate of drug-likeness (QED) is 0.430. The van der Waals surface area contributed by atoms with Crippen molar-refractivity contribution < 1.29 is 4.74 Å². The van der Waals surface area contributed by atoms with E-state index in [-0.39, 0.29) is 17.7 Å². The van der Waals surface area contributed by atoms with Crippen molar-refractivity contribution in [2.24, 2.45) is 0 Å². The highest BCUT2D eigenvalue weighted by Crippen LogP contribution is 2.24. The first-order valence-electron chi connectivity index (χ1n) is 11.9. The third-order valence-electron chi connectivity index (χ3n) is 6.69. The molecule has 4 aromatic rings. The Morgan fingerprint density at radius 3 is 2.54 bits per heavy atom. The van der Waals surface area contributed by atoms with E-state index in [2.05, 4.69) is 15.9 Å². The van der Waals surface area contributed by atoms with Crippen molar-refractivity contribution >= 4 is 27.6 Å². The third kappa shape index (κ3) is 4.48. The van der Waals surface area contributed by atoms with Crippen LogP contribution in [0.4, 0.5) is 5.82 Å². The summed E-state index contributed by atoms with van der Waals surface area (Å²) < 4.78 is 7.07. The average Bonchev–Trinajstić information content (AvgIpc) is 2.90. The van der Waals surface area contributed by atoms with E-state index in [1.54, 1.807) is 4.57 Å². The number of ether oxygens (including phenoxy) is 1. The largest absolute Gasteiger partial charge is 0.379 e. The van der Waals surface area contributed by atoms with Crippen LogP contribution in [0.1, 0.15) is 17.0 Å². The van der Waals surface area contributed by atoms with E-state index in [0.29, 0.717) is 11.4 Å². The van der Waals surface area contributed by atoms with Gasteiger partial charge in [-0.2, -0.15) is 5.26 Å². The fourth-order valence-corrected chi connectivity index (χ4v) is 4.69. The summed E-state index contributed by atoms with van der Waals surface area (Å²) >= 11 is 0. The molecular weight excluding hydrogens is 440 g/mol. The van der Waals surface area contributed by atoms with Gasteiger partial charge in [-0.05, 0) is 30.7 Å². The highest BCUT2D eigenvalue weighted by molar-refractivity contribution is 5.89. The van der Waals surface area contributed by atoms with E-state index < -0.39 is 0 Å². The van der Waals surface area contributed by atoms with Gasteiger partial charge in [0.15, 0.2) is 5.82 Å². The van der Waals surface area contributed by atoms with Crippen LogP contribution in [0.15, 0.2) is 53.3 Å². The molecule has 2 aromatic carbocycles. The van der Waals surface area contributed by atoms with Gasteiger partial charge in [-0.1, -0.05) is 30.3 Å². The van der Waals surface area contributed by atoms with Gasteiger partial charge in [-0.25, -0.2) is 9.97 Å². The number of benzene rings is 2. The van der Waals surface area contributed by atoms with Crippen LogP contribution in [0.5, 0.6) is 0 Å². The fraction of sp³-hybridized carbons (Fsp3) is 0.333. The molecule has 0 aliphatic carbocycles. The summed E-state index contributed by atoms with van der Waals surface area (Å²) in [4.78, 5) is 27.5. The molecule has 1 aliphatic heterocycles.